The average molecular weight is 467 g/mol. The standard InChI is InChI=1S/C26H42O7/c1-13-14-5-6-18-25(4)11-15(32-23-21(30)20(29)19(28)16(12-27)33-23)10-24(2,3)17(25)7-8-26(18,9-14)22(13)31/h14-23,27-31H,1,5-12H2,2-4H3/t14-,15-,16-,17-,18+,19-,20+,21-,22+,23-,25-,26-/m1/s1. The molecule has 0 unspecified atom stereocenters. The second-order valence-corrected chi connectivity index (χ2v) is 12.7. The third-order valence-electron chi connectivity index (χ3n) is 10.6. The molecule has 1 spiro atoms. The van der Waals surface area contributed by atoms with Gasteiger partial charge in [-0.1, -0.05) is 27.4 Å². The maximum atomic E-state index is 11.3. The molecule has 5 rings (SSSR count). The molecule has 5 N–H and O–H groups in total. The molecule has 12 atom stereocenters. The van der Waals surface area contributed by atoms with Crippen LogP contribution in [-0.2, 0) is 9.47 Å². The topological polar surface area (TPSA) is 120 Å². The zero-order valence-electron chi connectivity index (χ0n) is 20.2. The second kappa shape index (κ2) is 7.99. The van der Waals surface area contributed by atoms with Gasteiger partial charge >= 0.3 is 0 Å². The molecule has 0 aromatic heterocycles. The number of rotatable bonds is 3. The molecular weight excluding hydrogens is 424 g/mol. The predicted molar refractivity (Wildman–Crippen MR) is 121 cm³/mol. The highest BCUT2D eigenvalue weighted by molar-refractivity contribution is 5.27. The normalized spacial score (nSPS) is 55.7. The van der Waals surface area contributed by atoms with Crippen LogP contribution in [0.5, 0.6) is 0 Å². The molecular formula is C26H42O7. The minimum absolute atomic E-state index is 0.00478. The number of aliphatic hydroxyl groups is 5. The molecule has 1 heterocycles. The third kappa shape index (κ3) is 3.41. The Morgan fingerprint density at radius 3 is 2.36 bits per heavy atom. The highest BCUT2D eigenvalue weighted by Gasteiger charge is 2.67. The number of ether oxygens (including phenoxy) is 2. The van der Waals surface area contributed by atoms with Crippen molar-refractivity contribution in [3.63, 3.8) is 0 Å². The summed E-state index contributed by atoms with van der Waals surface area (Å²) in [6.45, 7) is 10.8. The first-order valence-corrected chi connectivity index (χ1v) is 12.8. The quantitative estimate of drug-likeness (QED) is 0.317. The number of hydrogen-bond acceptors (Lipinski definition) is 7. The summed E-state index contributed by atoms with van der Waals surface area (Å²) in [6, 6.07) is 0. The predicted octanol–water partition coefficient (Wildman–Crippen LogP) is 1.74. The molecule has 5 fully saturated rings. The molecule has 4 aliphatic carbocycles. The van der Waals surface area contributed by atoms with Crippen molar-refractivity contribution in [3.05, 3.63) is 12.2 Å². The lowest BCUT2D eigenvalue weighted by Crippen LogP contribution is -2.62. The van der Waals surface area contributed by atoms with E-state index in [-0.39, 0.29) is 22.3 Å². The molecule has 7 heteroatoms. The van der Waals surface area contributed by atoms with E-state index in [1.54, 1.807) is 0 Å². The molecule has 33 heavy (non-hydrogen) atoms. The second-order valence-electron chi connectivity index (χ2n) is 12.7. The highest BCUT2D eigenvalue weighted by atomic mass is 16.7. The minimum atomic E-state index is -1.44. The van der Waals surface area contributed by atoms with Gasteiger partial charge in [-0.2, -0.15) is 0 Å². The van der Waals surface area contributed by atoms with E-state index in [4.69, 9.17) is 9.47 Å². The van der Waals surface area contributed by atoms with Gasteiger partial charge in [0.1, 0.15) is 24.4 Å². The number of hydrogen-bond donors (Lipinski definition) is 5. The van der Waals surface area contributed by atoms with Crippen LogP contribution in [0.1, 0.15) is 65.7 Å². The highest BCUT2D eigenvalue weighted by Crippen LogP contribution is 2.72. The van der Waals surface area contributed by atoms with Gasteiger partial charge in [-0.25, -0.2) is 0 Å². The summed E-state index contributed by atoms with van der Waals surface area (Å²) in [5, 5.41) is 51.7. The number of aliphatic hydroxyl groups excluding tert-OH is 5. The lowest BCUT2D eigenvalue weighted by Gasteiger charge is -2.65. The Labute approximate surface area is 196 Å². The summed E-state index contributed by atoms with van der Waals surface area (Å²) in [7, 11) is 0. The van der Waals surface area contributed by atoms with E-state index in [1.807, 2.05) is 0 Å². The van der Waals surface area contributed by atoms with Crippen LogP contribution in [0.2, 0.25) is 0 Å². The van der Waals surface area contributed by atoms with Gasteiger partial charge in [-0.3, -0.25) is 0 Å². The molecule has 4 saturated carbocycles. The largest absolute Gasteiger partial charge is 0.394 e. The summed E-state index contributed by atoms with van der Waals surface area (Å²) in [5.74, 6) is 1.33. The van der Waals surface area contributed by atoms with E-state index in [1.165, 1.54) is 0 Å². The van der Waals surface area contributed by atoms with Crippen molar-refractivity contribution >= 4 is 0 Å². The van der Waals surface area contributed by atoms with Crippen LogP contribution in [0.4, 0.5) is 0 Å². The van der Waals surface area contributed by atoms with E-state index < -0.39 is 43.4 Å². The summed E-state index contributed by atoms with van der Waals surface area (Å²) < 4.78 is 12.0. The first kappa shape index (κ1) is 24.2. The van der Waals surface area contributed by atoms with Gasteiger partial charge in [0.2, 0.25) is 0 Å². The van der Waals surface area contributed by atoms with Gasteiger partial charge in [-0.15, -0.1) is 0 Å². The lowest BCUT2D eigenvalue weighted by molar-refractivity contribution is -0.322. The molecule has 0 aromatic rings. The molecule has 1 saturated heterocycles. The number of fused-ring (bicyclic) bond motifs is 3. The van der Waals surface area contributed by atoms with E-state index in [2.05, 4.69) is 27.4 Å². The third-order valence-corrected chi connectivity index (χ3v) is 10.6. The first-order chi connectivity index (χ1) is 15.4. The SMILES string of the molecule is C=C1[C@@H]2CC[C@H]3[C@]4(C)C[C@H](O[C@@H]5O[C@H](CO)[C@@H](O)[C@H](O)[C@H]5O)CC(C)(C)[C@H]4CC[C@]3(C2)[C@H]1O. The molecule has 0 radical (unpaired) electrons. The smallest absolute Gasteiger partial charge is 0.186 e. The fraction of sp³-hybridized carbons (Fsp3) is 0.923. The van der Waals surface area contributed by atoms with Crippen LogP contribution in [0.15, 0.2) is 12.2 Å². The Morgan fingerprint density at radius 2 is 1.67 bits per heavy atom. The van der Waals surface area contributed by atoms with Crippen molar-refractivity contribution in [2.45, 2.75) is 109 Å². The van der Waals surface area contributed by atoms with E-state index in [0.29, 0.717) is 17.8 Å². The Hall–Kier alpha value is -0.540. The first-order valence-electron chi connectivity index (χ1n) is 12.8. The van der Waals surface area contributed by atoms with Crippen molar-refractivity contribution in [1.82, 2.24) is 0 Å². The van der Waals surface area contributed by atoms with Gasteiger partial charge in [0.05, 0.1) is 18.8 Å². The molecule has 1 aliphatic heterocycles. The van der Waals surface area contributed by atoms with Crippen molar-refractivity contribution in [1.29, 1.82) is 0 Å². The summed E-state index contributed by atoms with van der Waals surface area (Å²) in [5.41, 5.74) is 0.913. The van der Waals surface area contributed by atoms with E-state index in [9.17, 15) is 25.5 Å². The molecule has 5 aliphatic rings. The van der Waals surface area contributed by atoms with E-state index >= 15 is 0 Å². The summed E-state index contributed by atoms with van der Waals surface area (Å²) in [6.07, 6.45) is 0.0520. The zero-order chi connectivity index (χ0) is 23.9. The fourth-order valence-corrected chi connectivity index (χ4v) is 9.28. The fourth-order valence-electron chi connectivity index (χ4n) is 9.28. The molecule has 0 amide bonds. The maximum absolute atomic E-state index is 11.3. The van der Waals surface area contributed by atoms with Gasteiger partial charge in [0.15, 0.2) is 6.29 Å². The molecule has 0 aromatic carbocycles. The van der Waals surface area contributed by atoms with E-state index in [0.717, 1.165) is 50.5 Å². The van der Waals surface area contributed by atoms with Crippen molar-refractivity contribution in [2.75, 3.05) is 6.61 Å². The van der Waals surface area contributed by atoms with Crippen molar-refractivity contribution < 1.29 is 35.0 Å². The lowest BCUT2D eigenvalue weighted by atomic mass is 9.40. The van der Waals surface area contributed by atoms with Crippen LogP contribution in [0.25, 0.3) is 0 Å². The Kier molecular flexibility index (Phi) is 5.85. The zero-order valence-corrected chi connectivity index (χ0v) is 20.2. The van der Waals surface area contributed by atoms with Gasteiger partial charge in [-0.05, 0) is 79.1 Å². The Balaban J connectivity index is 1.41. The van der Waals surface area contributed by atoms with Crippen molar-refractivity contribution in [2.24, 2.45) is 34.0 Å². The van der Waals surface area contributed by atoms with Crippen LogP contribution in [0.3, 0.4) is 0 Å². The van der Waals surface area contributed by atoms with Crippen LogP contribution in [0, 0.1) is 34.0 Å². The van der Waals surface area contributed by atoms with Gasteiger partial charge in [0.25, 0.3) is 0 Å². The Morgan fingerprint density at radius 1 is 0.939 bits per heavy atom. The molecule has 2 bridgehead atoms. The monoisotopic (exact) mass is 466 g/mol. The average Bonchev–Trinajstić information content (AvgIpc) is 2.93. The van der Waals surface area contributed by atoms with Crippen LogP contribution < -0.4 is 0 Å². The van der Waals surface area contributed by atoms with Crippen LogP contribution >= 0.6 is 0 Å². The molecule has 7 nitrogen and oxygen atoms in total. The van der Waals surface area contributed by atoms with Crippen molar-refractivity contribution in [3.8, 4) is 0 Å². The van der Waals surface area contributed by atoms with Crippen LogP contribution in [-0.4, -0.2) is 75.1 Å². The molecule has 188 valence electrons. The maximum Gasteiger partial charge on any atom is 0.186 e. The Bertz CT molecular complexity index is 783. The van der Waals surface area contributed by atoms with Gasteiger partial charge in [0, 0.05) is 5.41 Å². The summed E-state index contributed by atoms with van der Waals surface area (Å²) >= 11 is 0. The van der Waals surface area contributed by atoms with Gasteiger partial charge < -0.3 is 35.0 Å². The summed E-state index contributed by atoms with van der Waals surface area (Å²) in [4.78, 5) is 0. The minimum Gasteiger partial charge on any atom is -0.394 e.